The molecule has 0 heterocycles. The van der Waals surface area contributed by atoms with E-state index < -0.39 is 0 Å². The largest absolute Gasteiger partial charge is 0.0623 e. The van der Waals surface area contributed by atoms with Crippen molar-refractivity contribution in [3.63, 3.8) is 0 Å². The van der Waals surface area contributed by atoms with Crippen LogP contribution < -0.4 is 0 Å². The second-order valence-electron chi connectivity index (χ2n) is 8.65. The molecule has 0 heteroatoms. The minimum absolute atomic E-state index is 0.418. The minimum Gasteiger partial charge on any atom is -0.0623 e. The van der Waals surface area contributed by atoms with E-state index in [0.29, 0.717) is 16.2 Å². The molecule has 0 aromatic heterocycles. The summed E-state index contributed by atoms with van der Waals surface area (Å²) in [7, 11) is 0. The average molecular weight is 242 g/mol. The highest BCUT2D eigenvalue weighted by atomic mass is 14.4. The lowest BCUT2D eigenvalue weighted by Gasteiger charge is -2.42. The smallest absolute Gasteiger partial charge is 0.0283 e. The molecule has 17 heavy (non-hydrogen) atoms. The first kappa shape index (κ1) is 19.3. The molecule has 0 nitrogen and oxygen atoms in total. The van der Waals surface area contributed by atoms with Crippen LogP contribution in [0.15, 0.2) is 0 Å². The maximum absolute atomic E-state index is 2.34. The number of hydrogen-bond donors (Lipinski definition) is 0. The molecule has 0 radical (unpaired) electrons. The number of rotatable bonds is 1. The Kier molecular flexibility index (Phi) is 7.11. The van der Waals surface area contributed by atoms with Crippen LogP contribution in [0, 0.1) is 28.1 Å². The van der Waals surface area contributed by atoms with Gasteiger partial charge >= 0.3 is 0 Å². The van der Waals surface area contributed by atoms with Gasteiger partial charge in [0.15, 0.2) is 0 Å². The van der Waals surface area contributed by atoms with Crippen LogP contribution in [-0.4, -0.2) is 0 Å². The van der Waals surface area contributed by atoms with E-state index in [1.165, 1.54) is 0 Å². The molecule has 0 saturated heterocycles. The Labute approximate surface area is 112 Å². The van der Waals surface area contributed by atoms with Crippen LogP contribution in [-0.2, 0) is 0 Å². The summed E-state index contributed by atoms with van der Waals surface area (Å²) in [5.41, 5.74) is 1.36. The van der Waals surface area contributed by atoms with Crippen molar-refractivity contribution in [3.8, 4) is 0 Å². The van der Waals surface area contributed by atoms with Crippen molar-refractivity contribution >= 4 is 0 Å². The summed E-state index contributed by atoms with van der Waals surface area (Å²) < 4.78 is 0. The quantitative estimate of drug-likeness (QED) is 0.499. The van der Waals surface area contributed by atoms with Crippen LogP contribution in [0.4, 0.5) is 0 Å². The first-order valence-corrected chi connectivity index (χ1v) is 7.14. The molecule has 0 aromatic carbocycles. The molecular weight excluding hydrogens is 204 g/mol. The van der Waals surface area contributed by atoms with Crippen LogP contribution in [0.2, 0.25) is 0 Å². The van der Waals surface area contributed by atoms with Gasteiger partial charge in [-0.2, -0.15) is 0 Å². The molecular formula is C17H38. The Morgan fingerprint density at radius 3 is 0.765 bits per heavy atom. The molecule has 0 aliphatic rings. The Morgan fingerprint density at radius 2 is 0.765 bits per heavy atom. The minimum atomic E-state index is 0.418. The van der Waals surface area contributed by atoms with Crippen LogP contribution >= 0.6 is 0 Å². The normalized spacial score (nSPS) is 13.8. The third-order valence-corrected chi connectivity index (χ3v) is 5.11. The van der Waals surface area contributed by atoms with Crippen molar-refractivity contribution in [3.05, 3.63) is 0 Å². The SMILES string of the molecule is CC(C)C(C)(C)C.CC(C)C(C)(C)C(C)(C)C. The van der Waals surface area contributed by atoms with E-state index in [4.69, 9.17) is 0 Å². The summed E-state index contributed by atoms with van der Waals surface area (Å²) in [6, 6.07) is 0. The summed E-state index contributed by atoms with van der Waals surface area (Å²) in [5.74, 6) is 1.56. The van der Waals surface area contributed by atoms with Gasteiger partial charge in [0.25, 0.3) is 0 Å². The zero-order valence-corrected chi connectivity index (χ0v) is 14.7. The van der Waals surface area contributed by atoms with Gasteiger partial charge in [-0.05, 0) is 28.1 Å². The van der Waals surface area contributed by atoms with Gasteiger partial charge in [0.1, 0.15) is 0 Å². The van der Waals surface area contributed by atoms with Gasteiger partial charge in [0.05, 0.1) is 0 Å². The van der Waals surface area contributed by atoms with Gasteiger partial charge in [0, 0.05) is 0 Å². The van der Waals surface area contributed by atoms with E-state index >= 15 is 0 Å². The van der Waals surface area contributed by atoms with Crippen molar-refractivity contribution in [1.29, 1.82) is 0 Å². The highest BCUT2D eigenvalue weighted by Crippen LogP contribution is 2.43. The summed E-state index contributed by atoms with van der Waals surface area (Å²) in [6.07, 6.45) is 0. The van der Waals surface area contributed by atoms with Gasteiger partial charge < -0.3 is 0 Å². The Morgan fingerprint density at radius 1 is 0.529 bits per heavy atom. The van der Waals surface area contributed by atoms with E-state index in [1.807, 2.05) is 0 Å². The zero-order chi connectivity index (χ0) is 14.7. The van der Waals surface area contributed by atoms with Gasteiger partial charge in [-0.3, -0.25) is 0 Å². The lowest BCUT2D eigenvalue weighted by Crippen LogP contribution is -2.34. The van der Waals surface area contributed by atoms with Crippen LogP contribution in [0.1, 0.15) is 83.1 Å². The standard InChI is InChI=1S/C10H22.C7H16/c1-8(2)10(6,7)9(3,4)5;1-6(2)7(3,4)5/h8H,1-7H3;6H,1-5H3. The molecule has 0 N–H and O–H groups in total. The molecule has 106 valence electrons. The monoisotopic (exact) mass is 242 g/mol. The molecule has 0 aromatic rings. The van der Waals surface area contributed by atoms with Crippen LogP contribution in [0.25, 0.3) is 0 Å². The van der Waals surface area contributed by atoms with Crippen molar-refractivity contribution in [1.82, 2.24) is 0 Å². The number of hydrogen-bond acceptors (Lipinski definition) is 0. The maximum Gasteiger partial charge on any atom is -0.0283 e. The Bertz CT molecular complexity index is 193. The first-order chi connectivity index (χ1) is 7.14. The predicted octanol–water partition coefficient (Wildman–Crippen LogP) is 6.40. The molecule has 0 amide bonds. The van der Waals surface area contributed by atoms with Crippen molar-refractivity contribution in [2.45, 2.75) is 83.1 Å². The average Bonchev–Trinajstić information content (AvgIpc) is 2.00. The van der Waals surface area contributed by atoms with Crippen molar-refractivity contribution in [2.24, 2.45) is 28.1 Å². The summed E-state index contributed by atoms with van der Waals surface area (Å²) in [5, 5.41) is 0. The van der Waals surface area contributed by atoms with Crippen molar-refractivity contribution in [2.75, 3.05) is 0 Å². The van der Waals surface area contributed by atoms with E-state index in [0.717, 1.165) is 11.8 Å². The third kappa shape index (κ3) is 7.11. The summed E-state index contributed by atoms with van der Waals surface area (Å²) in [6.45, 7) is 27.5. The molecule has 0 saturated carbocycles. The predicted molar refractivity (Wildman–Crippen MR) is 82.4 cm³/mol. The van der Waals surface area contributed by atoms with E-state index in [9.17, 15) is 0 Å². The maximum atomic E-state index is 2.34. The summed E-state index contributed by atoms with van der Waals surface area (Å²) >= 11 is 0. The van der Waals surface area contributed by atoms with Gasteiger partial charge in [-0.15, -0.1) is 0 Å². The second-order valence-corrected chi connectivity index (χ2v) is 8.65. The van der Waals surface area contributed by atoms with E-state index in [1.54, 1.807) is 0 Å². The summed E-state index contributed by atoms with van der Waals surface area (Å²) in [4.78, 5) is 0. The first-order valence-electron chi connectivity index (χ1n) is 7.14. The zero-order valence-electron chi connectivity index (χ0n) is 14.7. The fraction of sp³-hybridized carbons (Fsp3) is 1.00. The fourth-order valence-electron chi connectivity index (χ4n) is 0.866. The van der Waals surface area contributed by atoms with Gasteiger partial charge in [-0.25, -0.2) is 0 Å². The van der Waals surface area contributed by atoms with Crippen molar-refractivity contribution < 1.29 is 0 Å². The lowest BCUT2D eigenvalue weighted by atomic mass is 9.63. The second kappa shape index (κ2) is 6.25. The van der Waals surface area contributed by atoms with Crippen LogP contribution in [0.5, 0.6) is 0 Å². The van der Waals surface area contributed by atoms with Gasteiger partial charge in [-0.1, -0.05) is 83.1 Å². The Balaban J connectivity index is 0. The fourth-order valence-corrected chi connectivity index (χ4v) is 0.866. The lowest BCUT2D eigenvalue weighted by molar-refractivity contribution is 0.0737. The molecule has 0 aliphatic carbocycles. The highest BCUT2D eigenvalue weighted by Gasteiger charge is 2.35. The van der Waals surface area contributed by atoms with E-state index in [-0.39, 0.29) is 0 Å². The molecule has 0 fully saturated rings. The third-order valence-electron chi connectivity index (χ3n) is 5.11. The Hall–Kier alpha value is 0. The van der Waals surface area contributed by atoms with Crippen LogP contribution in [0.3, 0.4) is 0 Å². The highest BCUT2D eigenvalue weighted by molar-refractivity contribution is 4.84. The van der Waals surface area contributed by atoms with Gasteiger partial charge in [0.2, 0.25) is 0 Å². The molecule has 0 bridgehead atoms. The molecule has 0 aliphatic heterocycles. The molecule has 0 atom stereocenters. The van der Waals surface area contributed by atoms with E-state index in [2.05, 4.69) is 83.1 Å². The molecule has 0 spiro atoms. The molecule has 0 rings (SSSR count). The topological polar surface area (TPSA) is 0 Å². The molecule has 0 unspecified atom stereocenters.